The number of nitro groups is 1. The van der Waals surface area contributed by atoms with Crippen LogP contribution in [0, 0.1) is 10.1 Å². The van der Waals surface area contributed by atoms with Crippen LogP contribution in [0.2, 0.25) is 5.02 Å². The number of hydrogen-bond acceptors (Lipinski definition) is 6. The van der Waals surface area contributed by atoms with Gasteiger partial charge in [-0.25, -0.2) is 0 Å². The van der Waals surface area contributed by atoms with Crippen molar-refractivity contribution in [3.63, 3.8) is 0 Å². The van der Waals surface area contributed by atoms with Crippen LogP contribution in [0.1, 0.15) is 0 Å². The highest BCUT2D eigenvalue weighted by Crippen LogP contribution is 2.34. The van der Waals surface area contributed by atoms with Crippen LogP contribution in [0.3, 0.4) is 0 Å². The van der Waals surface area contributed by atoms with E-state index in [1.807, 2.05) is 30.3 Å². The van der Waals surface area contributed by atoms with Crippen molar-refractivity contribution in [3.8, 4) is 5.88 Å². The van der Waals surface area contributed by atoms with Gasteiger partial charge in [-0.05, 0) is 36.4 Å². The zero-order chi connectivity index (χ0) is 20.1. The largest absolute Gasteiger partial charge is 0.475 e. The summed E-state index contributed by atoms with van der Waals surface area (Å²) in [6, 6.07) is 14.7. The first-order valence-corrected chi connectivity index (χ1v) is 9.24. The number of halogens is 1. The molecular weight excluding hydrogens is 404 g/mol. The molecular formula is C18H15ClN4O4S. The molecule has 0 bridgehead atoms. The third-order valence-electron chi connectivity index (χ3n) is 3.61. The molecule has 0 radical (unpaired) electrons. The van der Waals surface area contributed by atoms with Gasteiger partial charge in [-0.1, -0.05) is 35.5 Å². The van der Waals surface area contributed by atoms with E-state index in [2.05, 4.69) is 10.4 Å². The minimum absolute atomic E-state index is 0.142. The Bertz CT molecular complexity index is 1010. The lowest BCUT2D eigenvalue weighted by atomic mass is 10.3. The maximum Gasteiger partial charge on any atom is 0.350 e. The van der Waals surface area contributed by atoms with Crippen LogP contribution in [0.5, 0.6) is 5.88 Å². The number of methoxy groups -OCH3 is 1. The summed E-state index contributed by atoms with van der Waals surface area (Å²) >= 11 is 7.39. The van der Waals surface area contributed by atoms with E-state index in [0.717, 1.165) is 16.0 Å². The average molecular weight is 419 g/mol. The van der Waals surface area contributed by atoms with E-state index >= 15 is 0 Å². The van der Waals surface area contributed by atoms with Gasteiger partial charge >= 0.3 is 11.6 Å². The Balaban J connectivity index is 1.72. The van der Waals surface area contributed by atoms with Crippen LogP contribution in [0.4, 0.5) is 11.4 Å². The molecule has 0 atom stereocenters. The van der Waals surface area contributed by atoms with Crippen molar-refractivity contribution in [2.24, 2.45) is 0 Å². The molecule has 28 heavy (non-hydrogen) atoms. The van der Waals surface area contributed by atoms with Gasteiger partial charge in [0.1, 0.15) is 12.7 Å². The number of aromatic nitrogens is 2. The highest BCUT2D eigenvalue weighted by Gasteiger charge is 2.21. The minimum Gasteiger partial charge on any atom is -0.475 e. The third kappa shape index (κ3) is 4.81. The fourth-order valence-electron chi connectivity index (χ4n) is 2.37. The lowest BCUT2D eigenvalue weighted by Gasteiger charge is -2.11. The van der Waals surface area contributed by atoms with E-state index < -0.39 is 4.92 Å². The van der Waals surface area contributed by atoms with Gasteiger partial charge in [-0.2, -0.15) is 0 Å². The quantitative estimate of drug-likeness (QED) is 0.455. The van der Waals surface area contributed by atoms with Gasteiger partial charge in [-0.15, -0.1) is 5.10 Å². The Morgan fingerprint density at radius 1 is 1.29 bits per heavy atom. The van der Waals surface area contributed by atoms with Gasteiger partial charge in [-0.3, -0.25) is 19.6 Å². The van der Waals surface area contributed by atoms with Gasteiger partial charge < -0.3 is 10.1 Å². The Hall–Kier alpha value is -3.04. The molecule has 1 heterocycles. The summed E-state index contributed by atoms with van der Waals surface area (Å²) in [4.78, 5) is 24.6. The van der Waals surface area contributed by atoms with E-state index in [0.29, 0.717) is 10.7 Å². The summed E-state index contributed by atoms with van der Waals surface area (Å²) in [5.41, 5.74) is 0.329. The van der Waals surface area contributed by atoms with Crippen molar-refractivity contribution in [1.82, 2.24) is 9.78 Å². The molecule has 0 saturated carbocycles. The number of para-hydroxylation sites is 1. The van der Waals surface area contributed by atoms with Crippen molar-refractivity contribution in [2.75, 3.05) is 12.4 Å². The Kier molecular flexibility index (Phi) is 6.17. The first-order valence-electron chi connectivity index (χ1n) is 8.04. The van der Waals surface area contributed by atoms with Crippen LogP contribution >= 0.6 is 23.4 Å². The molecule has 10 heteroatoms. The summed E-state index contributed by atoms with van der Waals surface area (Å²) in [7, 11) is 1.28. The van der Waals surface area contributed by atoms with E-state index in [1.54, 1.807) is 18.2 Å². The van der Waals surface area contributed by atoms with Crippen LogP contribution in [0.15, 0.2) is 64.5 Å². The van der Waals surface area contributed by atoms with Crippen molar-refractivity contribution in [1.29, 1.82) is 0 Å². The van der Waals surface area contributed by atoms with Crippen LogP contribution in [-0.2, 0) is 11.3 Å². The monoisotopic (exact) mass is 418 g/mol. The average Bonchev–Trinajstić information content (AvgIpc) is 3.08. The molecule has 0 aliphatic rings. The number of hydrogen-bond donors (Lipinski definition) is 1. The number of carbonyl (C=O) groups excluding carboxylic acids is 1. The number of carbonyl (C=O) groups is 1. The Labute approximate surface area is 169 Å². The predicted octanol–water partition coefficient (Wildman–Crippen LogP) is 4.24. The highest BCUT2D eigenvalue weighted by molar-refractivity contribution is 7.99. The normalized spacial score (nSPS) is 10.5. The first-order chi connectivity index (χ1) is 13.5. The highest BCUT2D eigenvalue weighted by atomic mass is 35.5. The molecule has 0 spiro atoms. The number of nitrogens with zero attached hydrogens (tertiary/aromatic N) is 3. The maximum atomic E-state index is 12.4. The van der Waals surface area contributed by atoms with Crippen LogP contribution in [0.25, 0.3) is 0 Å². The molecule has 1 amide bonds. The number of ether oxygens (including phenoxy) is 1. The molecule has 0 unspecified atom stereocenters. The topological polar surface area (TPSA) is 99.3 Å². The standard InChI is InChI=1S/C18H15ClN4O4S/c1-27-18-15(23(25)26)10-22(21-18)11-17(24)20-14-4-2-3-5-16(14)28-13-8-6-12(19)7-9-13/h2-10H,11H2,1H3,(H,20,24). The van der Waals surface area contributed by atoms with Crippen LogP contribution < -0.4 is 10.1 Å². The van der Waals surface area contributed by atoms with E-state index in [1.165, 1.54) is 23.6 Å². The van der Waals surface area contributed by atoms with Crippen molar-refractivity contribution >= 4 is 40.6 Å². The van der Waals surface area contributed by atoms with Crippen molar-refractivity contribution in [3.05, 3.63) is 69.9 Å². The van der Waals surface area contributed by atoms with Crippen LogP contribution in [-0.4, -0.2) is 27.7 Å². The fourth-order valence-corrected chi connectivity index (χ4v) is 3.40. The van der Waals surface area contributed by atoms with E-state index in [9.17, 15) is 14.9 Å². The fraction of sp³-hybridized carbons (Fsp3) is 0.111. The second-order valence-electron chi connectivity index (χ2n) is 5.58. The second-order valence-corrected chi connectivity index (χ2v) is 7.13. The molecule has 3 rings (SSSR count). The molecule has 144 valence electrons. The third-order valence-corrected chi connectivity index (χ3v) is 4.94. The molecule has 1 N–H and O–H groups in total. The van der Waals surface area contributed by atoms with Gasteiger partial charge in [0.2, 0.25) is 5.91 Å². The van der Waals surface area contributed by atoms with Crippen molar-refractivity contribution in [2.45, 2.75) is 16.3 Å². The molecule has 0 aliphatic heterocycles. The van der Waals surface area contributed by atoms with Crippen molar-refractivity contribution < 1.29 is 14.5 Å². The predicted molar refractivity (Wildman–Crippen MR) is 106 cm³/mol. The second kappa shape index (κ2) is 8.77. The number of benzene rings is 2. The molecule has 3 aromatic rings. The molecule has 2 aromatic carbocycles. The zero-order valence-electron chi connectivity index (χ0n) is 14.7. The SMILES string of the molecule is COc1nn(CC(=O)Nc2ccccc2Sc2ccc(Cl)cc2)cc1[N+](=O)[O-]. The molecule has 0 aliphatic carbocycles. The minimum atomic E-state index is -0.613. The lowest BCUT2D eigenvalue weighted by molar-refractivity contribution is -0.385. The summed E-state index contributed by atoms with van der Waals surface area (Å²) in [6.45, 7) is -0.190. The summed E-state index contributed by atoms with van der Waals surface area (Å²) in [5, 5.41) is 18.3. The summed E-state index contributed by atoms with van der Waals surface area (Å²) in [5.74, 6) is -0.513. The number of rotatable bonds is 7. The molecule has 0 fully saturated rings. The number of anilines is 1. The molecule has 0 saturated heterocycles. The molecule has 1 aromatic heterocycles. The van der Waals surface area contributed by atoms with E-state index in [4.69, 9.17) is 16.3 Å². The van der Waals surface area contributed by atoms with E-state index in [-0.39, 0.29) is 24.0 Å². The van der Waals surface area contributed by atoms with Gasteiger partial charge in [0.05, 0.1) is 17.7 Å². The zero-order valence-corrected chi connectivity index (χ0v) is 16.2. The smallest absolute Gasteiger partial charge is 0.350 e. The number of amides is 1. The van der Waals surface area contributed by atoms with Gasteiger partial charge in [0.15, 0.2) is 0 Å². The Morgan fingerprint density at radius 3 is 2.64 bits per heavy atom. The summed E-state index contributed by atoms with van der Waals surface area (Å²) in [6.07, 6.45) is 1.16. The first kappa shape index (κ1) is 19.7. The van der Waals surface area contributed by atoms with Gasteiger partial charge in [0, 0.05) is 14.8 Å². The summed E-state index contributed by atoms with van der Waals surface area (Å²) < 4.78 is 6.03. The Morgan fingerprint density at radius 2 is 2.00 bits per heavy atom. The lowest BCUT2D eigenvalue weighted by Crippen LogP contribution is -2.19. The molecule has 8 nitrogen and oxygen atoms in total. The maximum absolute atomic E-state index is 12.4. The number of nitrogens with one attached hydrogen (secondary N) is 1. The van der Waals surface area contributed by atoms with Gasteiger partial charge in [0.25, 0.3) is 0 Å².